The summed E-state index contributed by atoms with van der Waals surface area (Å²) in [7, 11) is 0. The quantitative estimate of drug-likeness (QED) is 0.625. The van der Waals surface area contributed by atoms with Gasteiger partial charge < -0.3 is 14.5 Å². The number of halogens is 2. The zero-order chi connectivity index (χ0) is 22.5. The van der Waals surface area contributed by atoms with Gasteiger partial charge in [-0.25, -0.2) is 0 Å². The molecule has 0 radical (unpaired) electrons. The van der Waals surface area contributed by atoms with Crippen molar-refractivity contribution in [2.45, 2.75) is 44.3 Å². The fourth-order valence-electron chi connectivity index (χ4n) is 4.15. The highest BCUT2D eigenvalue weighted by Gasteiger charge is 2.52. The van der Waals surface area contributed by atoms with E-state index in [1.807, 2.05) is 19.1 Å². The van der Waals surface area contributed by atoms with Crippen LogP contribution in [-0.2, 0) is 23.1 Å². The summed E-state index contributed by atoms with van der Waals surface area (Å²) in [4.78, 5) is 32.0. The number of pyridine rings is 2. The van der Waals surface area contributed by atoms with Gasteiger partial charge in [-0.2, -0.15) is 0 Å². The van der Waals surface area contributed by atoms with Gasteiger partial charge in [0.2, 0.25) is 5.56 Å². The Balaban J connectivity index is 1.41. The first-order chi connectivity index (χ1) is 15.3. The standard InChI is InChI=1S/C24H20F2N2O4/c1-2-14-3-6-17(28-22(14)15-4-8-21(30)27-13-15)12-20(29)23(9-10-23)16-5-7-18-19(11-16)32-24(25,26)31-18/h3-8,11,13H,2,9-10,12H2,1H3,(H,27,30). The molecule has 1 aliphatic heterocycles. The van der Waals surface area contributed by atoms with E-state index < -0.39 is 11.7 Å². The summed E-state index contributed by atoms with van der Waals surface area (Å²) in [6, 6.07) is 11.5. The first-order valence-electron chi connectivity index (χ1n) is 10.4. The number of Topliss-reactive ketones (excluding diaryl/α,β-unsaturated/α-hetero) is 1. The SMILES string of the molecule is CCc1ccc(CC(=O)C2(c3ccc4c(c3)OC(F)(F)O4)CC2)nc1-c1ccc(=O)[nH]c1. The second kappa shape index (κ2) is 7.25. The molecule has 0 bridgehead atoms. The van der Waals surface area contributed by atoms with Crippen molar-refractivity contribution in [1.82, 2.24) is 9.97 Å². The summed E-state index contributed by atoms with van der Waals surface area (Å²) < 4.78 is 35.7. The summed E-state index contributed by atoms with van der Waals surface area (Å²) in [5, 5.41) is 0. The highest BCUT2D eigenvalue weighted by Crippen LogP contribution is 2.52. The number of aryl methyl sites for hydroxylation is 1. The number of carbonyl (C=O) groups is 1. The number of hydrogen-bond acceptors (Lipinski definition) is 5. The van der Waals surface area contributed by atoms with Gasteiger partial charge in [0.05, 0.1) is 11.1 Å². The van der Waals surface area contributed by atoms with Crippen molar-refractivity contribution in [2.75, 3.05) is 0 Å². The van der Waals surface area contributed by atoms with Gasteiger partial charge >= 0.3 is 6.29 Å². The second-order valence-corrected chi connectivity index (χ2v) is 8.12. The normalized spacial score (nSPS) is 17.2. The van der Waals surface area contributed by atoms with E-state index >= 15 is 0 Å². The van der Waals surface area contributed by atoms with Crippen LogP contribution in [-0.4, -0.2) is 22.0 Å². The fraction of sp³-hybridized carbons (Fsp3) is 0.292. The summed E-state index contributed by atoms with van der Waals surface area (Å²) in [6.45, 7) is 2.01. The minimum Gasteiger partial charge on any atom is -0.395 e. The predicted octanol–water partition coefficient (Wildman–Crippen LogP) is 4.16. The van der Waals surface area contributed by atoms with Crippen molar-refractivity contribution in [3.63, 3.8) is 0 Å². The highest BCUT2D eigenvalue weighted by molar-refractivity contribution is 5.94. The van der Waals surface area contributed by atoms with Gasteiger partial charge in [0, 0.05) is 29.9 Å². The van der Waals surface area contributed by atoms with Crippen LogP contribution in [0.2, 0.25) is 0 Å². The Bertz CT molecular complexity index is 1260. The predicted molar refractivity (Wildman–Crippen MR) is 112 cm³/mol. The molecule has 1 fully saturated rings. The Labute approximate surface area is 182 Å². The molecule has 1 aromatic carbocycles. The van der Waals surface area contributed by atoms with Crippen molar-refractivity contribution in [2.24, 2.45) is 0 Å². The molecule has 164 valence electrons. The Morgan fingerprint density at radius 2 is 1.88 bits per heavy atom. The van der Waals surface area contributed by atoms with Crippen LogP contribution < -0.4 is 15.0 Å². The third-order valence-electron chi connectivity index (χ3n) is 6.05. The van der Waals surface area contributed by atoms with Crippen LogP contribution in [0.1, 0.15) is 36.6 Å². The van der Waals surface area contributed by atoms with Crippen molar-refractivity contribution >= 4 is 5.78 Å². The monoisotopic (exact) mass is 438 g/mol. The van der Waals surface area contributed by atoms with E-state index in [0.29, 0.717) is 24.1 Å². The van der Waals surface area contributed by atoms with Crippen LogP contribution in [0.4, 0.5) is 8.78 Å². The van der Waals surface area contributed by atoms with Crippen molar-refractivity contribution < 1.29 is 23.0 Å². The van der Waals surface area contributed by atoms with Crippen molar-refractivity contribution in [1.29, 1.82) is 0 Å². The van der Waals surface area contributed by atoms with Gasteiger partial charge in [-0.1, -0.05) is 19.1 Å². The Hall–Kier alpha value is -3.55. The zero-order valence-electron chi connectivity index (χ0n) is 17.3. The van der Waals surface area contributed by atoms with Crippen LogP contribution in [0.15, 0.2) is 53.5 Å². The Morgan fingerprint density at radius 1 is 1.09 bits per heavy atom. The number of ketones is 1. The van der Waals surface area contributed by atoms with E-state index in [9.17, 15) is 18.4 Å². The molecule has 5 rings (SSSR count). The Morgan fingerprint density at radius 3 is 2.56 bits per heavy atom. The zero-order valence-corrected chi connectivity index (χ0v) is 17.3. The number of aromatic amines is 1. The largest absolute Gasteiger partial charge is 0.586 e. The van der Waals surface area contributed by atoms with Crippen molar-refractivity contribution in [3.8, 4) is 22.8 Å². The molecule has 1 aliphatic carbocycles. The van der Waals surface area contributed by atoms with Crippen LogP contribution in [0.5, 0.6) is 11.5 Å². The van der Waals surface area contributed by atoms with Gasteiger partial charge in [-0.05, 0) is 54.7 Å². The van der Waals surface area contributed by atoms with Crippen LogP contribution in [0.25, 0.3) is 11.3 Å². The third kappa shape index (κ3) is 3.55. The number of nitrogens with one attached hydrogen (secondary N) is 1. The molecular formula is C24H20F2N2O4. The minimum atomic E-state index is -3.69. The topological polar surface area (TPSA) is 81.3 Å². The lowest BCUT2D eigenvalue weighted by Crippen LogP contribution is -2.26. The Kier molecular flexibility index (Phi) is 4.62. The molecule has 0 amide bonds. The number of hydrogen-bond donors (Lipinski definition) is 1. The summed E-state index contributed by atoms with van der Waals surface area (Å²) in [5.41, 5.74) is 2.85. The number of carbonyl (C=O) groups excluding carboxylic acids is 1. The molecule has 8 heteroatoms. The number of rotatable bonds is 6. The summed E-state index contributed by atoms with van der Waals surface area (Å²) in [5.74, 6) is -0.117. The highest BCUT2D eigenvalue weighted by atomic mass is 19.3. The molecule has 0 atom stereocenters. The van der Waals surface area contributed by atoms with Gasteiger partial charge in [0.25, 0.3) is 0 Å². The molecule has 3 aromatic rings. The van der Waals surface area contributed by atoms with E-state index in [1.165, 1.54) is 18.2 Å². The van der Waals surface area contributed by atoms with E-state index in [0.717, 1.165) is 23.2 Å². The lowest BCUT2D eigenvalue weighted by atomic mass is 9.88. The van der Waals surface area contributed by atoms with Crippen LogP contribution in [0.3, 0.4) is 0 Å². The van der Waals surface area contributed by atoms with Gasteiger partial charge in [0.1, 0.15) is 5.78 Å². The number of fused-ring (bicyclic) bond motifs is 1. The molecular weight excluding hydrogens is 418 g/mol. The lowest BCUT2D eigenvalue weighted by molar-refractivity contribution is -0.286. The maximum Gasteiger partial charge on any atom is 0.586 e. The minimum absolute atomic E-state index is 0.0210. The number of alkyl halides is 2. The first kappa shape index (κ1) is 20.4. The smallest absolute Gasteiger partial charge is 0.395 e. The molecule has 2 aliphatic rings. The average Bonchev–Trinajstić information content (AvgIpc) is 3.51. The van der Waals surface area contributed by atoms with E-state index in [-0.39, 0.29) is 29.3 Å². The molecule has 0 unspecified atom stereocenters. The molecule has 6 nitrogen and oxygen atoms in total. The van der Waals surface area contributed by atoms with E-state index in [1.54, 1.807) is 18.3 Å². The molecule has 3 heterocycles. The van der Waals surface area contributed by atoms with Crippen molar-refractivity contribution in [3.05, 3.63) is 75.8 Å². The third-order valence-corrected chi connectivity index (χ3v) is 6.05. The van der Waals surface area contributed by atoms with Gasteiger partial charge in [0.15, 0.2) is 11.5 Å². The molecule has 2 aromatic heterocycles. The van der Waals surface area contributed by atoms with Crippen LogP contribution >= 0.6 is 0 Å². The number of benzene rings is 1. The number of H-pyrrole nitrogens is 1. The second-order valence-electron chi connectivity index (χ2n) is 8.12. The fourth-order valence-corrected chi connectivity index (χ4v) is 4.15. The number of aromatic nitrogens is 2. The average molecular weight is 438 g/mol. The maximum absolute atomic E-state index is 13.3. The summed E-state index contributed by atoms with van der Waals surface area (Å²) in [6.07, 6.45) is 0.0702. The maximum atomic E-state index is 13.3. The van der Waals surface area contributed by atoms with Crippen LogP contribution in [0, 0.1) is 0 Å². The number of nitrogens with zero attached hydrogens (tertiary/aromatic N) is 1. The lowest BCUT2D eigenvalue weighted by Gasteiger charge is -2.16. The number of ether oxygens (including phenoxy) is 2. The molecule has 32 heavy (non-hydrogen) atoms. The molecule has 0 spiro atoms. The molecule has 0 saturated heterocycles. The summed E-state index contributed by atoms with van der Waals surface area (Å²) >= 11 is 0. The van der Waals surface area contributed by atoms with Gasteiger partial charge in [-0.3, -0.25) is 14.6 Å². The molecule has 1 N–H and O–H groups in total. The molecule has 1 saturated carbocycles. The van der Waals surface area contributed by atoms with Gasteiger partial charge in [-0.15, -0.1) is 8.78 Å². The van der Waals surface area contributed by atoms with E-state index in [4.69, 9.17) is 4.98 Å². The first-order valence-corrected chi connectivity index (χ1v) is 10.4. The van der Waals surface area contributed by atoms with E-state index in [2.05, 4.69) is 14.5 Å².